The summed E-state index contributed by atoms with van der Waals surface area (Å²) in [6, 6.07) is 3.54. The van der Waals surface area contributed by atoms with E-state index in [1.165, 1.54) is 0 Å². The van der Waals surface area contributed by atoms with E-state index in [0.717, 1.165) is 5.76 Å². The minimum absolute atomic E-state index is 0.122. The lowest BCUT2D eigenvalue weighted by molar-refractivity contribution is -0.156. The Morgan fingerprint density at radius 3 is 2.52 bits per heavy atom. The fraction of sp³-hybridized carbons (Fsp3) is 0.625. The van der Waals surface area contributed by atoms with Crippen LogP contribution < -0.4 is 5.32 Å². The van der Waals surface area contributed by atoms with Crippen molar-refractivity contribution in [1.29, 1.82) is 0 Å². The maximum Gasteiger partial charge on any atom is 0.319 e. The van der Waals surface area contributed by atoms with E-state index in [4.69, 9.17) is 9.15 Å². The third-order valence-corrected chi connectivity index (χ3v) is 3.13. The summed E-state index contributed by atoms with van der Waals surface area (Å²) in [7, 11) is 0. The van der Waals surface area contributed by atoms with Gasteiger partial charge in [-0.2, -0.15) is 0 Å². The third kappa shape index (κ3) is 5.25. The third-order valence-electron chi connectivity index (χ3n) is 3.13. The molecule has 1 aromatic rings. The molecule has 1 rings (SSSR count). The zero-order valence-electron chi connectivity index (χ0n) is 13.4. The molecule has 0 bridgehead atoms. The SMILES string of the molecule is CCOC(=O)C(C(=O)NC(C)Cc1ccco1)C(C)(C)C. The lowest BCUT2D eigenvalue weighted by Crippen LogP contribution is -2.46. The van der Waals surface area contributed by atoms with Crippen LogP contribution in [-0.4, -0.2) is 24.5 Å². The van der Waals surface area contributed by atoms with Crippen LogP contribution in [0.5, 0.6) is 0 Å². The molecule has 1 heterocycles. The number of nitrogens with one attached hydrogen (secondary N) is 1. The van der Waals surface area contributed by atoms with Gasteiger partial charge in [0.25, 0.3) is 0 Å². The van der Waals surface area contributed by atoms with Crippen molar-refractivity contribution >= 4 is 11.9 Å². The second-order valence-corrected chi connectivity index (χ2v) is 6.24. The van der Waals surface area contributed by atoms with Gasteiger partial charge in [0.05, 0.1) is 12.9 Å². The molecule has 0 aliphatic carbocycles. The maximum absolute atomic E-state index is 12.4. The maximum atomic E-state index is 12.4. The molecule has 2 atom stereocenters. The lowest BCUT2D eigenvalue weighted by atomic mass is 9.80. The van der Waals surface area contributed by atoms with Crippen LogP contribution in [0.2, 0.25) is 0 Å². The first-order valence-electron chi connectivity index (χ1n) is 7.25. The van der Waals surface area contributed by atoms with Crippen LogP contribution in [0.1, 0.15) is 40.4 Å². The predicted octanol–water partition coefficient (Wildman–Crippen LogP) is 2.55. The highest BCUT2D eigenvalue weighted by Crippen LogP contribution is 2.27. The monoisotopic (exact) mass is 295 g/mol. The van der Waals surface area contributed by atoms with Gasteiger partial charge in [0.15, 0.2) is 0 Å². The van der Waals surface area contributed by atoms with E-state index in [1.54, 1.807) is 19.3 Å². The smallest absolute Gasteiger partial charge is 0.319 e. The quantitative estimate of drug-likeness (QED) is 0.647. The number of amides is 1. The molecule has 1 amide bonds. The summed E-state index contributed by atoms with van der Waals surface area (Å²) in [5, 5.41) is 2.86. The summed E-state index contributed by atoms with van der Waals surface area (Å²) < 4.78 is 10.3. The first-order valence-corrected chi connectivity index (χ1v) is 7.25. The standard InChI is InChI=1S/C16H25NO4/c1-6-20-15(19)13(16(3,4)5)14(18)17-11(2)10-12-8-7-9-21-12/h7-9,11,13H,6,10H2,1-5H3,(H,17,18). The van der Waals surface area contributed by atoms with Gasteiger partial charge in [-0.05, 0) is 31.4 Å². The molecule has 0 saturated carbocycles. The van der Waals surface area contributed by atoms with Gasteiger partial charge in [0.1, 0.15) is 11.7 Å². The summed E-state index contributed by atoms with van der Waals surface area (Å²) in [6.45, 7) is 9.43. The van der Waals surface area contributed by atoms with Gasteiger partial charge in [-0.3, -0.25) is 9.59 Å². The van der Waals surface area contributed by atoms with Gasteiger partial charge in [-0.25, -0.2) is 0 Å². The number of ether oxygens (including phenoxy) is 1. The minimum Gasteiger partial charge on any atom is -0.469 e. The fourth-order valence-electron chi connectivity index (χ4n) is 2.19. The number of carbonyl (C=O) groups is 2. The predicted molar refractivity (Wildman–Crippen MR) is 79.6 cm³/mol. The number of furan rings is 1. The summed E-state index contributed by atoms with van der Waals surface area (Å²) >= 11 is 0. The molecule has 0 aliphatic heterocycles. The van der Waals surface area contributed by atoms with Crippen LogP contribution in [-0.2, 0) is 20.7 Å². The van der Waals surface area contributed by atoms with Crippen LogP contribution in [0.25, 0.3) is 0 Å². The van der Waals surface area contributed by atoms with Crippen molar-refractivity contribution in [2.75, 3.05) is 6.61 Å². The zero-order valence-corrected chi connectivity index (χ0v) is 13.4. The molecular formula is C16H25NO4. The lowest BCUT2D eigenvalue weighted by Gasteiger charge is -2.28. The first-order chi connectivity index (χ1) is 9.75. The highest BCUT2D eigenvalue weighted by molar-refractivity contribution is 5.98. The van der Waals surface area contributed by atoms with E-state index in [0.29, 0.717) is 6.42 Å². The molecule has 0 aromatic carbocycles. The molecule has 0 aliphatic rings. The number of esters is 1. The molecule has 0 radical (unpaired) electrons. The Labute approximate surface area is 126 Å². The number of hydrogen-bond donors (Lipinski definition) is 1. The molecule has 0 spiro atoms. The minimum atomic E-state index is -0.823. The number of carbonyl (C=O) groups excluding carboxylic acids is 2. The van der Waals surface area contributed by atoms with E-state index in [1.807, 2.05) is 33.8 Å². The molecule has 1 N–H and O–H groups in total. The summed E-state index contributed by atoms with van der Waals surface area (Å²) in [5.41, 5.74) is -0.499. The Morgan fingerprint density at radius 1 is 1.38 bits per heavy atom. The molecule has 0 saturated heterocycles. The van der Waals surface area contributed by atoms with Crippen molar-refractivity contribution in [3.8, 4) is 0 Å². The molecular weight excluding hydrogens is 270 g/mol. The van der Waals surface area contributed by atoms with Crippen LogP contribution in [0, 0.1) is 11.3 Å². The Bertz CT molecular complexity index is 459. The van der Waals surface area contributed by atoms with Crippen molar-refractivity contribution in [3.05, 3.63) is 24.2 Å². The fourth-order valence-corrected chi connectivity index (χ4v) is 2.19. The topological polar surface area (TPSA) is 68.5 Å². The first kappa shape index (κ1) is 17.3. The Balaban J connectivity index is 2.70. The van der Waals surface area contributed by atoms with Crippen LogP contribution in [0.4, 0.5) is 0 Å². The van der Waals surface area contributed by atoms with Crippen molar-refractivity contribution in [2.24, 2.45) is 11.3 Å². The van der Waals surface area contributed by atoms with Gasteiger partial charge in [0.2, 0.25) is 5.91 Å². The van der Waals surface area contributed by atoms with Crippen molar-refractivity contribution < 1.29 is 18.7 Å². The molecule has 1 aromatic heterocycles. The highest BCUT2D eigenvalue weighted by Gasteiger charge is 2.39. The molecule has 5 heteroatoms. The summed E-state index contributed by atoms with van der Waals surface area (Å²) in [4.78, 5) is 24.4. The highest BCUT2D eigenvalue weighted by atomic mass is 16.5. The summed E-state index contributed by atoms with van der Waals surface area (Å²) in [6.07, 6.45) is 2.18. The average molecular weight is 295 g/mol. The van der Waals surface area contributed by atoms with Gasteiger partial charge >= 0.3 is 5.97 Å². The molecule has 5 nitrogen and oxygen atoms in total. The second-order valence-electron chi connectivity index (χ2n) is 6.24. The van der Waals surface area contributed by atoms with Crippen LogP contribution in [0.15, 0.2) is 22.8 Å². The normalized spacial score (nSPS) is 14.3. The van der Waals surface area contributed by atoms with Crippen LogP contribution >= 0.6 is 0 Å². The van der Waals surface area contributed by atoms with Gasteiger partial charge in [-0.15, -0.1) is 0 Å². The molecule has 2 unspecified atom stereocenters. The number of hydrogen-bond acceptors (Lipinski definition) is 4. The van der Waals surface area contributed by atoms with E-state index in [9.17, 15) is 9.59 Å². The molecule has 118 valence electrons. The number of rotatable bonds is 6. The van der Waals surface area contributed by atoms with Gasteiger partial charge in [-0.1, -0.05) is 20.8 Å². The second kappa shape index (κ2) is 7.29. The van der Waals surface area contributed by atoms with Crippen molar-refractivity contribution in [1.82, 2.24) is 5.32 Å². The average Bonchev–Trinajstić information content (AvgIpc) is 2.79. The van der Waals surface area contributed by atoms with E-state index >= 15 is 0 Å². The molecule has 0 fully saturated rings. The zero-order chi connectivity index (χ0) is 16.0. The van der Waals surface area contributed by atoms with E-state index in [-0.39, 0.29) is 18.6 Å². The summed E-state index contributed by atoms with van der Waals surface area (Å²) in [5.74, 6) is -0.810. The largest absolute Gasteiger partial charge is 0.469 e. The van der Waals surface area contributed by atoms with Crippen molar-refractivity contribution in [3.63, 3.8) is 0 Å². The van der Waals surface area contributed by atoms with E-state index in [2.05, 4.69) is 5.32 Å². The Morgan fingerprint density at radius 2 is 2.05 bits per heavy atom. The van der Waals surface area contributed by atoms with Gasteiger partial charge in [0, 0.05) is 12.5 Å². The Hall–Kier alpha value is -1.78. The van der Waals surface area contributed by atoms with Crippen LogP contribution in [0.3, 0.4) is 0 Å². The van der Waals surface area contributed by atoms with Crippen molar-refractivity contribution in [2.45, 2.75) is 47.1 Å². The van der Waals surface area contributed by atoms with Gasteiger partial charge < -0.3 is 14.5 Å². The van der Waals surface area contributed by atoms with E-state index < -0.39 is 17.3 Å². The Kier molecular flexibility index (Phi) is 6.00. The molecule has 21 heavy (non-hydrogen) atoms.